The van der Waals surface area contributed by atoms with Gasteiger partial charge in [-0.15, -0.1) is 0 Å². The van der Waals surface area contributed by atoms with Gasteiger partial charge in [0.15, 0.2) is 0 Å². The Morgan fingerprint density at radius 2 is 2.00 bits per heavy atom. The molecule has 100 valence electrons. The molecule has 1 fully saturated rings. The molecule has 3 nitrogen and oxygen atoms in total. The van der Waals surface area contributed by atoms with Crippen molar-refractivity contribution in [2.45, 2.75) is 46.1 Å². The average Bonchev–Trinajstić information content (AvgIpc) is 2.34. The van der Waals surface area contributed by atoms with E-state index in [4.69, 9.17) is 0 Å². The second kappa shape index (κ2) is 6.07. The summed E-state index contributed by atoms with van der Waals surface area (Å²) in [6.07, 6.45) is 7.74. The molecule has 0 radical (unpaired) electrons. The highest BCUT2D eigenvalue weighted by Gasteiger charge is 2.25. The third-order valence-electron chi connectivity index (χ3n) is 3.90. The van der Waals surface area contributed by atoms with Crippen LogP contribution in [-0.2, 0) is 0 Å². The first-order valence-corrected chi connectivity index (χ1v) is 7.14. The molecular weight excluding hydrogens is 222 g/mol. The molecular formula is C15H25N3. The van der Waals surface area contributed by atoms with Crippen LogP contribution in [0.15, 0.2) is 18.5 Å². The minimum Gasteiger partial charge on any atom is -0.384 e. The van der Waals surface area contributed by atoms with Gasteiger partial charge in [-0.2, -0.15) is 0 Å². The van der Waals surface area contributed by atoms with Crippen LogP contribution in [-0.4, -0.2) is 17.6 Å². The van der Waals surface area contributed by atoms with Crippen LogP contribution >= 0.6 is 0 Å². The fourth-order valence-corrected chi connectivity index (χ4v) is 2.91. The van der Waals surface area contributed by atoms with Crippen LogP contribution in [0.4, 0.5) is 11.4 Å². The first kappa shape index (κ1) is 13.2. The predicted molar refractivity (Wildman–Crippen MR) is 78.0 cm³/mol. The van der Waals surface area contributed by atoms with Crippen molar-refractivity contribution in [3.8, 4) is 0 Å². The molecule has 0 spiro atoms. The Labute approximate surface area is 110 Å². The smallest absolute Gasteiger partial charge is 0.0549 e. The van der Waals surface area contributed by atoms with Crippen molar-refractivity contribution in [3.63, 3.8) is 0 Å². The molecule has 3 heteroatoms. The molecule has 2 rings (SSSR count). The predicted octanol–water partition coefficient (Wildman–Crippen LogP) is 3.75. The number of aromatic nitrogens is 1. The van der Waals surface area contributed by atoms with Gasteiger partial charge in [0, 0.05) is 12.6 Å². The molecule has 3 unspecified atom stereocenters. The molecule has 0 aromatic carbocycles. The third-order valence-corrected chi connectivity index (χ3v) is 3.90. The molecule has 0 aliphatic heterocycles. The molecule has 1 aromatic rings. The van der Waals surface area contributed by atoms with Crippen molar-refractivity contribution in [1.82, 2.24) is 4.98 Å². The first-order chi connectivity index (χ1) is 8.69. The maximum Gasteiger partial charge on any atom is 0.0549 e. The van der Waals surface area contributed by atoms with Crippen LogP contribution in [0.3, 0.4) is 0 Å². The number of nitrogens with one attached hydrogen (secondary N) is 2. The van der Waals surface area contributed by atoms with E-state index in [1.165, 1.54) is 19.3 Å². The molecule has 0 amide bonds. The average molecular weight is 247 g/mol. The lowest BCUT2D eigenvalue weighted by molar-refractivity contribution is 0.276. The maximum atomic E-state index is 4.28. The number of nitrogens with zero attached hydrogens (tertiary/aromatic N) is 1. The van der Waals surface area contributed by atoms with E-state index < -0.39 is 0 Å². The van der Waals surface area contributed by atoms with Gasteiger partial charge in [-0.3, -0.25) is 4.98 Å². The van der Waals surface area contributed by atoms with Crippen molar-refractivity contribution < 1.29 is 0 Å². The van der Waals surface area contributed by atoms with E-state index in [2.05, 4.69) is 42.5 Å². The minimum absolute atomic E-state index is 0.597. The summed E-state index contributed by atoms with van der Waals surface area (Å²) in [5, 5.41) is 6.95. The number of rotatable bonds is 4. The largest absolute Gasteiger partial charge is 0.384 e. The highest BCUT2D eigenvalue weighted by atomic mass is 15.0. The van der Waals surface area contributed by atoms with E-state index in [1.807, 2.05) is 12.4 Å². The van der Waals surface area contributed by atoms with Gasteiger partial charge in [-0.05, 0) is 44.1 Å². The Bertz CT molecular complexity index is 378. The third kappa shape index (κ3) is 3.37. The molecule has 1 saturated carbocycles. The van der Waals surface area contributed by atoms with Gasteiger partial charge in [-0.1, -0.05) is 13.8 Å². The normalized spacial score (nSPS) is 27.8. The van der Waals surface area contributed by atoms with Crippen molar-refractivity contribution >= 4 is 11.4 Å². The molecule has 0 bridgehead atoms. The molecule has 18 heavy (non-hydrogen) atoms. The van der Waals surface area contributed by atoms with Crippen molar-refractivity contribution in [2.75, 3.05) is 17.2 Å². The van der Waals surface area contributed by atoms with Crippen LogP contribution in [0, 0.1) is 11.8 Å². The molecule has 1 aliphatic rings. The highest BCUT2D eigenvalue weighted by Crippen LogP contribution is 2.30. The first-order valence-electron chi connectivity index (χ1n) is 7.14. The minimum atomic E-state index is 0.597. The van der Waals surface area contributed by atoms with Crippen LogP contribution in [0.5, 0.6) is 0 Å². The Morgan fingerprint density at radius 1 is 1.22 bits per heavy atom. The molecule has 1 aromatic heterocycles. The summed E-state index contributed by atoms with van der Waals surface area (Å²) in [6.45, 7) is 7.75. The summed E-state index contributed by atoms with van der Waals surface area (Å²) in [7, 11) is 0. The van der Waals surface area contributed by atoms with Gasteiger partial charge in [-0.25, -0.2) is 0 Å². The zero-order chi connectivity index (χ0) is 13.0. The van der Waals surface area contributed by atoms with Gasteiger partial charge in [0.2, 0.25) is 0 Å². The quantitative estimate of drug-likeness (QED) is 0.851. The highest BCUT2D eigenvalue weighted by molar-refractivity contribution is 5.54. The summed E-state index contributed by atoms with van der Waals surface area (Å²) in [5.41, 5.74) is 2.24. The summed E-state index contributed by atoms with van der Waals surface area (Å²) >= 11 is 0. The van der Waals surface area contributed by atoms with E-state index in [1.54, 1.807) is 0 Å². The molecule has 0 saturated heterocycles. The van der Waals surface area contributed by atoms with Gasteiger partial charge >= 0.3 is 0 Å². The number of pyridine rings is 1. The van der Waals surface area contributed by atoms with Gasteiger partial charge < -0.3 is 10.6 Å². The van der Waals surface area contributed by atoms with Crippen LogP contribution in [0.1, 0.15) is 40.0 Å². The zero-order valence-corrected chi connectivity index (χ0v) is 11.7. The van der Waals surface area contributed by atoms with E-state index in [9.17, 15) is 0 Å². The molecule has 1 heterocycles. The lowest BCUT2D eigenvalue weighted by Crippen LogP contribution is -2.33. The lowest BCUT2D eigenvalue weighted by atomic mass is 9.80. The van der Waals surface area contributed by atoms with Crippen molar-refractivity contribution in [3.05, 3.63) is 18.5 Å². The Hall–Kier alpha value is -1.25. The van der Waals surface area contributed by atoms with E-state index >= 15 is 0 Å². The SMILES string of the molecule is CCNc1cncc(NC2CCC(C)CC2C)c1. The van der Waals surface area contributed by atoms with Crippen molar-refractivity contribution in [1.29, 1.82) is 0 Å². The van der Waals surface area contributed by atoms with Gasteiger partial charge in [0.05, 0.1) is 23.8 Å². The van der Waals surface area contributed by atoms with Crippen LogP contribution in [0.2, 0.25) is 0 Å². The zero-order valence-electron chi connectivity index (χ0n) is 11.7. The van der Waals surface area contributed by atoms with Crippen LogP contribution < -0.4 is 10.6 Å². The second-order valence-electron chi connectivity index (χ2n) is 5.64. The topological polar surface area (TPSA) is 37.0 Å². The van der Waals surface area contributed by atoms with Gasteiger partial charge in [0.1, 0.15) is 0 Å². The van der Waals surface area contributed by atoms with Gasteiger partial charge in [0.25, 0.3) is 0 Å². The molecule has 2 N–H and O–H groups in total. The monoisotopic (exact) mass is 247 g/mol. The number of hydrogen-bond acceptors (Lipinski definition) is 3. The maximum absolute atomic E-state index is 4.28. The van der Waals surface area contributed by atoms with E-state index in [0.717, 1.165) is 29.8 Å². The number of anilines is 2. The molecule has 1 aliphatic carbocycles. The van der Waals surface area contributed by atoms with E-state index in [0.29, 0.717) is 6.04 Å². The number of hydrogen-bond donors (Lipinski definition) is 2. The molecule has 3 atom stereocenters. The summed E-state index contributed by atoms with van der Waals surface area (Å²) < 4.78 is 0. The van der Waals surface area contributed by atoms with E-state index in [-0.39, 0.29) is 0 Å². The van der Waals surface area contributed by atoms with Crippen molar-refractivity contribution in [2.24, 2.45) is 11.8 Å². The summed E-state index contributed by atoms with van der Waals surface area (Å²) in [5.74, 6) is 1.63. The Balaban J connectivity index is 1.98. The van der Waals surface area contributed by atoms with Crippen LogP contribution in [0.25, 0.3) is 0 Å². The lowest BCUT2D eigenvalue weighted by Gasteiger charge is -2.33. The Kier molecular flexibility index (Phi) is 4.45. The second-order valence-corrected chi connectivity index (χ2v) is 5.64. The standard InChI is InChI=1S/C15H25N3/c1-4-17-13-8-14(10-16-9-13)18-15-6-5-11(2)7-12(15)3/h8-12,15,17-18H,4-7H2,1-3H3. The Morgan fingerprint density at radius 3 is 2.72 bits per heavy atom. The fraction of sp³-hybridized carbons (Fsp3) is 0.667. The summed E-state index contributed by atoms with van der Waals surface area (Å²) in [6, 6.07) is 2.75. The fourth-order valence-electron chi connectivity index (χ4n) is 2.91. The summed E-state index contributed by atoms with van der Waals surface area (Å²) in [4.78, 5) is 4.28.